The second kappa shape index (κ2) is 7.48. The van der Waals surface area contributed by atoms with Crippen molar-refractivity contribution in [1.29, 1.82) is 0 Å². The summed E-state index contributed by atoms with van der Waals surface area (Å²) in [6, 6.07) is 6.79. The van der Waals surface area contributed by atoms with Crippen LogP contribution in [0.15, 0.2) is 36.4 Å². The van der Waals surface area contributed by atoms with Gasteiger partial charge in [0.1, 0.15) is 6.04 Å². The molecule has 9 heteroatoms. The predicted octanol–water partition coefficient (Wildman–Crippen LogP) is 2.57. The molecule has 1 aliphatic rings. The van der Waals surface area contributed by atoms with E-state index in [4.69, 9.17) is 0 Å². The van der Waals surface area contributed by atoms with E-state index in [2.05, 4.69) is 16.0 Å². The molecule has 2 aromatic carbocycles. The minimum Gasteiger partial charge on any atom is -0.340 e. The van der Waals surface area contributed by atoms with Gasteiger partial charge in [0.2, 0.25) is 11.8 Å². The molecule has 0 saturated heterocycles. The second-order valence-electron chi connectivity index (χ2n) is 5.90. The zero-order chi connectivity index (χ0) is 19.6. The predicted molar refractivity (Wildman–Crippen MR) is 90.5 cm³/mol. The van der Waals surface area contributed by atoms with Crippen LogP contribution in [0.2, 0.25) is 0 Å². The number of nitrogens with one attached hydrogen (secondary N) is 3. The van der Waals surface area contributed by atoms with Crippen LogP contribution in [-0.2, 0) is 9.59 Å². The van der Waals surface area contributed by atoms with Crippen molar-refractivity contribution in [2.75, 3.05) is 10.6 Å². The maximum atomic E-state index is 13.2. The van der Waals surface area contributed by atoms with E-state index in [1.165, 1.54) is 0 Å². The molecule has 6 nitrogen and oxygen atoms in total. The first-order chi connectivity index (χ1) is 12.8. The molecule has 0 radical (unpaired) electrons. The Morgan fingerprint density at radius 3 is 2.44 bits per heavy atom. The van der Waals surface area contributed by atoms with Gasteiger partial charge in [0.15, 0.2) is 17.5 Å². The number of anilines is 2. The van der Waals surface area contributed by atoms with Crippen molar-refractivity contribution in [2.24, 2.45) is 0 Å². The fraction of sp³-hybridized carbons (Fsp3) is 0.167. The molecule has 0 bridgehead atoms. The summed E-state index contributed by atoms with van der Waals surface area (Å²) in [6.45, 7) is 0. The molecule has 3 N–H and O–H groups in total. The van der Waals surface area contributed by atoms with E-state index in [9.17, 15) is 27.6 Å². The highest BCUT2D eigenvalue weighted by molar-refractivity contribution is 6.09. The van der Waals surface area contributed by atoms with Crippen LogP contribution in [0.25, 0.3) is 0 Å². The fourth-order valence-electron chi connectivity index (χ4n) is 2.64. The van der Waals surface area contributed by atoms with Crippen LogP contribution in [0.1, 0.15) is 23.2 Å². The van der Waals surface area contributed by atoms with E-state index in [0.717, 1.165) is 0 Å². The van der Waals surface area contributed by atoms with Crippen LogP contribution in [0.4, 0.5) is 24.5 Å². The molecule has 1 aliphatic heterocycles. The number of carbonyl (C=O) groups excluding carboxylic acids is 3. The van der Waals surface area contributed by atoms with Crippen LogP contribution >= 0.6 is 0 Å². The molecule has 1 atom stereocenters. The van der Waals surface area contributed by atoms with Crippen LogP contribution < -0.4 is 16.0 Å². The van der Waals surface area contributed by atoms with Gasteiger partial charge in [-0.25, -0.2) is 13.2 Å². The summed E-state index contributed by atoms with van der Waals surface area (Å²) in [7, 11) is 0. The lowest BCUT2D eigenvalue weighted by atomic mass is 10.1. The Morgan fingerprint density at radius 1 is 1.07 bits per heavy atom. The highest BCUT2D eigenvalue weighted by Crippen LogP contribution is 2.20. The van der Waals surface area contributed by atoms with Gasteiger partial charge >= 0.3 is 0 Å². The third kappa shape index (κ3) is 4.08. The number of rotatable bonds is 4. The van der Waals surface area contributed by atoms with Gasteiger partial charge in [-0.2, -0.15) is 0 Å². The third-order valence-electron chi connectivity index (χ3n) is 3.98. The summed E-state index contributed by atoms with van der Waals surface area (Å²) in [5.74, 6) is -6.09. The van der Waals surface area contributed by atoms with E-state index in [1.54, 1.807) is 24.3 Å². The van der Waals surface area contributed by atoms with Crippen molar-refractivity contribution in [2.45, 2.75) is 18.9 Å². The van der Waals surface area contributed by atoms with E-state index in [-0.39, 0.29) is 18.5 Å². The van der Waals surface area contributed by atoms with E-state index in [1.807, 2.05) is 0 Å². The van der Waals surface area contributed by atoms with Crippen molar-refractivity contribution in [3.8, 4) is 0 Å². The van der Waals surface area contributed by atoms with Gasteiger partial charge in [-0.3, -0.25) is 14.4 Å². The SMILES string of the molecule is O=C(CCC1NC(=O)c2ccccc2NC1=O)Nc1cc(F)c(F)c(F)c1. The summed E-state index contributed by atoms with van der Waals surface area (Å²) >= 11 is 0. The van der Waals surface area contributed by atoms with Crippen LogP contribution in [0.3, 0.4) is 0 Å². The van der Waals surface area contributed by atoms with Crippen molar-refractivity contribution in [1.82, 2.24) is 5.32 Å². The number of carbonyl (C=O) groups is 3. The summed E-state index contributed by atoms with van der Waals surface area (Å²) in [5, 5.41) is 7.35. The summed E-state index contributed by atoms with van der Waals surface area (Å²) < 4.78 is 39.3. The first-order valence-electron chi connectivity index (χ1n) is 8.00. The molecule has 1 unspecified atom stereocenters. The first-order valence-corrected chi connectivity index (χ1v) is 8.00. The minimum absolute atomic E-state index is 0.0381. The van der Waals surface area contributed by atoms with Gasteiger partial charge < -0.3 is 16.0 Å². The first kappa shape index (κ1) is 18.4. The Bertz CT molecular complexity index is 910. The number of hydrogen-bond donors (Lipinski definition) is 3. The standard InChI is InChI=1S/C18H14F3N3O3/c19-11-7-9(8-12(20)16(11)21)22-15(25)6-5-14-18(27)23-13-4-2-1-3-10(13)17(26)24-14/h1-4,7-8,14H,5-6H2,(H,22,25)(H,23,27)(H,24,26). The second-order valence-corrected chi connectivity index (χ2v) is 5.90. The van der Waals surface area contributed by atoms with Crippen LogP contribution in [-0.4, -0.2) is 23.8 Å². The molecule has 140 valence electrons. The van der Waals surface area contributed by atoms with Crippen molar-refractivity contribution < 1.29 is 27.6 Å². The molecular formula is C18H14F3N3O3. The van der Waals surface area contributed by atoms with Gasteiger partial charge in [0.05, 0.1) is 11.3 Å². The quantitative estimate of drug-likeness (QED) is 0.716. The monoisotopic (exact) mass is 377 g/mol. The lowest BCUT2D eigenvalue weighted by Crippen LogP contribution is -2.41. The Morgan fingerprint density at radius 2 is 1.74 bits per heavy atom. The van der Waals surface area contributed by atoms with Gasteiger partial charge in [-0.1, -0.05) is 12.1 Å². The van der Waals surface area contributed by atoms with Gasteiger partial charge in [0.25, 0.3) is 5.91 Å². The van der Waals surface area contributed by atoms with Crippen molar-refractivity contribution in [3.05, 3.63) is 59.4 Å². The number of benzene rings is 2. The Hall–Kier alpha value is -3.36. The summed E-state index contributed by atoms with van der Waals surface area (Å²) in [5.41, 5.74) is 0.414. The smallest absolute Gasteiger partial charge is 0.254 e. The molecule has 0 saturated carbocycles. The molecule has 0 spiro atoms. The molecule has 2 aromatic rings. The number of amides is 3. The molecule has 3 amide bonds. The van der Waals surface area contributed by atoms with Crippen LogP contribution in [0.5, 0.6) is 0 Å². The van der Waals surface area contributed by atoms with E-state index >= 15 is 0 Å². The molecule has 27 heavy (non-hydrogen) atoms. The number of para-hydroxylation sites is 1. The van der Waals surface area contributed by atoms with Gasteiger partial charge in [-0.05, 0) is 18.6 Å². The average Bonchev–Trinajstić information content (AvgIpc) is 2.74. The Labute approximate surface area is 151 Å². The number of halogens is 3. The van der Waals surface area contributed by atoms with Gasteiger partial charge in [0, 0.05) is 24.2 Å². The molecular weight excluding hydrogens is 363 g/mol. The molecule has 0 fully saturated rings. The molecule has 1 heterocycles. The maximum absolute atomic E-state index is 13.2. The van der Waals surface area contributed by atoms with Crippen molar-refractivity contribution >= 4 is 29.1 Å². The number of fused-ring (bicyclic) bond motifs is 1. The van der Waals surface area contributed by atoms with Gasteiger partial charge in [-0.15, -0.1) is 0 Å². The van der Waals surface area contributed by atoms with Crippen LogP contribution in [0, 0.1) is 17.5 Å². The minimum atomic E-state index is -1.63. The zero-order valence-electron chi connectivity index (χ0n) is 13.8. The fourth-order valence-corrected chi connectivity index (χ4v) is 2.64. The number of hydrogen-bond acceptors (Lipinski definition) is 3. The third-order valence-corrected chi connectivity index (χ3v) is 3.98. The summed E-state index contributed by atoms with van der Waals surface area (Å²) in [4.78, 5) is 36.4. The average molecular weight is 377 g/mol. The largest absolute Gasteiger partial charge is 0.340 e. The maximum Gasteiger partial charge on any atom is 0.254 e. The molecule has 0 aliphatic carbocycles. The van der Waals surface area contributed by atoms with Crippen molar-refractivity contribution in [3.63, 3.8) is 0 Å². The normalized spacial score (nSPS) is 16.0. The Balaban J connectivity index is 1.62. The molecule has 0 aromatic heterocycles. The lowest BCUT2D eigenvalue weighted by molar-refractivity contribution is -0.118. The van der Waals surface area contributed by atoms with E-state index in [0.29, 0.717) is 23.4 Å². The zero-order valence-corrected chi connectivity index (χ0v) is 13.8. The Kier molecular flexibility index (Phi) is 5.11. The molecule has 3 rings (SSSR count). The highest BCUT2D eigenvalue weighted by atomic mass is 19.2. The highest BCUT2D eigenvalue weighted by Gasteiger charge is 2.27. The lowest BCUT2D eigenvalue weighted by Gasteiger charge is -2.14. The van der Waals surface area contributed by atoms with E-state index < -0.39 is 41.2 Å². The topological polar surface area (TPSA) is 87.3 Å². The summed E-state index contributed by atoms with van der Waals surface area (Å²) in [6.07, 6.45) is -0.251.